The lowest BCUT2D eigenvalue weighted by atomic mass is 10.1. The van der Waals surface area contributed by atoms with Gasteiger partial charge in [0.25, 0.3) is 0 Å². The van der Waals surface area contributed by atoms with E-state index in [0.717, 1.165) is 17.2 Å². The largest absolute Gasteiger partial charge is 0.478 e. The Morgan fingerprint density at radius 1 is 1.29 bits per heavy atom. The lowest BCUT2D eigenvalue weighted by Gasteiger charge is -1.95. The van der Waals surface area contributed by atoms with E-state index < -0.39 is 5.97 Å². The van der Waals surface area contributed by atoms with E-state index >= 15 is 0 Å². The molecule has 1 aromatic carbocycles. The molecule has 1 N–H and O–H groups in total. The van der Waals surface area contributed by atoms with Crippen LogP contribution in [0.2, 0.25) is 0 Å². The molecule has 0 bridgehead atoms. The van der Waals surface area contributed by atoms with E-state index in [1.165, 1.54) is 6.08 Å². The van der Waals surface area contributed by atoms with Gasteiger partial charge >= 0.3 is 5.97 Å². The van der Waals surface area contributed by atoms with Crippen LogP contribution in [0.15, 0.2) is 41.5 Å². The van der Waals surface area contributed by atoms with Gasteiger partial charge in [0.15, 0.2) is 0 Å². The fourth-order valence-corrected chi connectivity index (χ4v) is 1.16. The van der Waals surface area contributed by atoms with Gasteiger partial charge in [-0.2, -0.15) is 0 Å². The molecule has 0 atom stereocenters. The normalized spacial score (nSPS) is 10.6. The first-order valence-corrected chi connectivity index (χ1v) is 4.91. The predicted molar refractivity (Wildman–Crippen MR) is 66.2 cm³/mol. The van der Waals surface area contributed by atoms with Gasteiger partial charge in [0.2, 0.25) is 0 Å². The zero-order chi connectivity index (χ0) is 12.5. The van der Waals surface area contributed by atoms with Crippen LogP contribution < -0.4 is 0 Å². The number of carbonyl (C=O) groups is 1. The minimum atomic E-state index is -0.969. The van der Waals surface area contributed by atoms with Gasteiger partial charge in [-0.1, -0.05) is 41.5 Å². The Bertz CT molecular complexity index is 483. The third kappa shape index (κ3) is 5.20. The topological polar surface area (TPSA) is 86.1 Å². The van der Waals surface area contributed by atoms with Crippen LogP contribution in [0.4, 0.5) is 0 Å². The molecule has 1 aromatic rings. The van der Waals surface area contributed by atoms with Crippen molar-refractivity contribution in [1.82, 2.24) is 0 Å². The molecule has 0 fully saturated rings. The van der Waals surface area contributed by atoms with E-state index in [1.807, 2.05) is 30.3 Å². The van der Waals surface area contributed by atoms with E-state index in [2.05, 4.69) is 10.0 Å². The molecule has 0 aliphatic heterocycles. The highest BCUT2D eigenvalue weighted by Crippen LogP contribution is 2.07. The molecular weight excluding hydrogens is 218 g/mol. The maximum Gasteiger partial charge on any atom is 0.328 e. The third-order valence-corrected chi connectivity index (χ3v) is 1.92. The van der Waals surface area contributed by atoms with Gasteiger partial charge in [-0.05, 0) is 22.7 Å². The highest BCUT2D eigenvalue weighted by Gasteiger charge is 1.90. The summed E-state index contributed by atoms with van der Waals surface area (Å²) < 4.78 is 0. The van der Waals surface area contributed by atoms with Crippen molar-refractivity contribution in [3.8, 4) is 0 Å². The average Bonchev–Trinajstić information content (AvgIpc) is 2.33. The summed E-state index contributed by atoms with van der Waals surface area (Å²) in [5.41, 5.74) is 9.86. The van der Waals surface area contributed by atoms with Crippen molar-refractivity contribution in [2.45, 2.75) is 0 Å². The lowest BCUT2D eigenvalue weighted by Crippen LogP contribution is -1.85. The van der Waals surface area contributed by atoms with Crippen molar-refractivity contribution >= 4 is 18.1 Å². The molecule has 1 rings (SSSR count). The maximum absolute atomic E-state index is 10.3. The van der Waals surface area contributed by atoms with E-state index in [9.17, 15) is 4.79 Å². The van der Waals surface area contributed by atoms with Crippen LogP contribution in [0.5, 0.6) is 0 Å². The molecule has 0 radical (unpaired) electrons. The fourth-order valence-electron chi connectivity index (χ4n) is 1.16. The second-order valence-corrected chi connectivity index (χ2v) is 3.15. The van der Waals surface area contributed by atoms with Gasteiger partial charge in [0.1, 0.15) is 0 Å². The number of hydrogen-bond acceptors (Lipinski definition) is 2. The van der Waals surface area contributed by atoms with Gasteiger partial charge in [-0.25, -0.2) is 4.79 Å². The molecule has 0 saturated carbocycles. The van der Waals surface area contributed by atoms with Crippen molar-refractivity contribution in [2.24, 2.45) is 5.11 Å². The highest BCUT2D eigenvalue weighted by atomic mass is 16.4. The van der Waals surface area contributed by atoms with Crippen molar-refractivity contribution in [2.75, 3.05) is 6.54 Å². The summed E-state index contributed by atoms with van der Waals surface area (Å²) in [7, 11) is 0. The Morgan fingerprint density at radius 3 is 2.41 bits per heavy atom. The van der Waals surface area contributed by atoms with Crippen LogP contribution >= 0.6 is 0 Å². The standard InChI is InChI=1S/C12H11N3O2/c13-15-14-9-1-2-10-3-5-11(6-4-10)7-8-12(16)17/h1-8H,9H2,(H,16,17)/b2-1?,8-7+. The third-order valence-electron chi connectivity index (χ3n) is 1.92. The van der Waals surface area contributed by atoms with Crippen LogP contribution in [0.1, 0.15) is 11.1 Å². The number of benzene rings is 1. The van der Waals surface area contributed by atoms with Gasteiger partial charge in [0, 0.05) is 17.5 Å². The minimum absolute atomic E-state index is 0.317. The van der Waals surface area contributed by atoms with Gasteiger partial charge in [0.05, 0.1) is 0 Å². The summed E-state index contributed by atoms with van der Waals surface area (Å²) in [5.74, 6) is -0.969. The van der Waals surface area contributed by atoms with Crippen LogP contribution in [-0.2, 0) is 4.79 Å². The summed E-state index contributed by atoms with van der Waals surface area (Å²) in [5, 5.41) is 11.8. The van der Waals surface area contributed by atoms with Crippen LogP contribution in [-0.4, -0.2) is 17.6 Å². The van der Waals surface area contributed by atoms with Crippen molar-refractivity contribution < 1.29 is 9.90 Å². The second-order valence-electron chi connectivity index (χ2n) is 3.15. The first-order valence-electron chi connectivity index (χ1n) is 4.91. The monoisotopic (exact) mass is 229 g/mol. The average molecular weight is 229 g/mol. The second kappa shape index (κ2) is 6.87. The number of carboxylic acid groups (broad SMARTS) is 1. The van der Waals surface area contributed by atoms with Crippen LogP contribution in [0.25, 0.3) is 22.6 Å². The fraction of sp³-hybridized carbons (Fsp3) is 0.0833. The van der Waals surface area contributed by atoms with Crippen molar-refractivity contribution in [3.63, 3.8) is 0 Å². The number of nitrogens with zero attached hydrogens (tertiary/aromatic N) is 3. The van der Waals surface area contributed by atoms with E-state index in [1.54, 1.807) is 6.08 Å². The number of carboxylic acids is 1. The molecule has 0 saturated heterocycles. The molecule has 0 unspecified atom stereocenters. The minimum Gasteiger partial charge on any atom is -0.478 e. The molecule has 0 aliphatic carbocycles. The summed E-state index contributed by atoms with van der Waals surface area (Å²) in [6.07, 6.45) is 6.20. The molecule has 0 heterocycles. The molecule has 0 aromatic heterocycles. The predicted octanol–water partition coefficient (Wildman–Crippen LogP) is 3.11. The number of rotatable bonds is 5. The Labute approximate surface area is 98.3 Å². The first-order chi connectivity index (χ1) is 8.22. The van der Waals surface area contributed by atoms with Crippen molar-refractivity contribution in [1.29, 1.82) is 0 Å². The maximum atomic E-state index is 10.3. The number of aliphatic carboxylic acids is 1. The van der Waals surface area contributed by atoms with Gasteiger partial charge in [-0.15, -0.1) is 0 Å². The number of hydrogen-bond donors (Lipinski definition) is 1. The summed E-state index contributed by atoms with van der Waals surface area (Å²) in [6.45, 7) is 0.317. The molecule has 0 aliphatic rings. The Hall–Kier alpha value is -2.52. The summed E-state index contributed by atoms with van der Waals surface area (Å²) >= 11 is 0. The van der Waals surface area contributed by atoms with Crippen molar-refractivity contribution in [3.05, 3.63) is 58.0 Å². The highest BCUT2D eigenvalue weighted by molar-refractivity contribution is 5.85. The van der Waals surface area contributed by atoms with Gasteiger partial charge in [-0.3, -0.25) is 0 Å². The summed E-state index contributed by atoms with van der Waals surface area (Å²) in [6, 6.07) is 7.33. The molecule has 0 amide bonds. The summed E-state index contributed by atoms with van der Waals surface area (Å²) in [4.78, 5) is 12.9. The molecule has 0 spiro atoms. The first kappa shape index (κ1) is 12.5. The SMILES string of the molecule is [N-]=[N+]=NCC=Cc1ccc(/C=C/C(=O)O)cc1. The quantitative estimate of drug-likeness (QED) is 0.364. The van der Waals surface area contributed by atoms with E-state index in [-0.39, 0.29) is 0 Å². The van der Waals surface area contributed by atoms with Crippen LogP contribution in [0, 0.1) is 0 Å². The molecule has 86 valence electrons. The molecular formula is C12H11N3O2. The van der Waals surface area contributed by atoms with E-state index in [4.69, 9.17) is 10.6 Å². The Kier molecular flexibility index (Phi) is 5.07. The molecule has 17 heavy (non-hydrogen) atoms. The lowest BCUT2D eigenvalue weighted by molar-refractivity contribution is -0.131. The Morgan fingerprint density at radius 2 is 1.88 bits per heavy atom. The van der Waals surface area contributed by atoms with Gasteiger partial charge < -0.3 is 5.11 Å². The van der Waals surface area contributed by atoms with Crippen LogP contribution in [0.3, 0.4) is 0 Å². The zero-order valence-corrected chi connectivity index (χ0v) is 9.02. The zero-order valence-electron chi connectivity index (χ0n) is 9.02. The molecule has 5 nitrogen and oxygen atoms in total. The smallest absolute Gasteiger partial charge is 0.328 e. The Balaban J connectivity index is 2.64. The number of azide groups is 1. The van der Waals surface area contributed by atoms with E-state index in [0.29, 0.717) is 6.54 Å². The molecule has 5 heteroatoms.